The molecule has 3 rings (SSSR count). The minimum absolute atomic E-state index is 0.0142. The molecule has 10 nitrogen and oxygen atoms in total. The number of rotatable bonds is 7. The molecular weight excluding hydrogens is 348 g/mol. The second kappa shape index (κ2) is 8.52. The number of hydrogen-bond acceptors (Lipinski definition) is 10. The molecule has 27 heavy (non-hydrogen) atoms. The maximum absolute atomic E-state index is 12.0. The lowest BCUT2D eigenvalue weighted by atomic mass is 10.3. The first-order valence-corrected chi connectivity index (χ1v) is 8.06. The Labute approximate surface area is 155 Å². The van der Waals surface area contributed by atoms with Crippen LogP contribution in [-0.4, -0.2) is 44.5 Å². The molecule has 2 heterocycles. The van der Waals surface area contributed by atoms with Crippen molar-refractivity contribution >= 4 is 29.5 Å². The molecule has 0 atom stereocenters. The SMILES string of the molecule is CN(CC(=O)OCc1nc(N)nc(Nc2ccccc2)n1)c1ncccn1. The van der Waals surface area contributed by atoms with Gasteiger partial charge in [-0.05, 0) is 18.2 Å². The Morgan fingerprint density at radius 2 is 1.85 bits per heavy atom. The Bertz CT molecular complexity index is 892. The van der Waals surface area contributed by atoms with E-state index in [0.717, 1.165) is 5.69 Å². The van der Waals surface area contributed by atoms with Crippen LogP contribution in [0.4, 0.5) is 23.5 Å². The summed E-state index contributed by atoms with van der Waals surface area (Å²) in [6, 6.07) is 11.1. The predicted octanol–water partition coefficient (Wildman–Crippen LogP) is 1.17. The average Bonchev–Trinajstić information content (AvgIpc) is 2.67. The van der Waals surface area contributed by atoms with E-state index in [0.29, 0.717) is 5.95 Å². The number of benzene rings is 1. The molecule has 2 aromatic heterocycles. The molecule has 0 aliphatic rings. The van der Waals surface area contributed by atoms with Gasteiger partial charge in [-0.25, -0.2) is 9.97 Å². The molecule has 1 aromatic carbocycles. The number of nitrogens with one attached hydrogen (secondary N) is 1. The number of nitrogens with two attached hydrogens (primary N) is 1. The van der Waals surface area contributed by atoms with Crippen LogP contribution in [0.25, 0.3) is 0 Å². The molecule has 3 aromatic rings. The van der Waals surface area contributed by atoms with E-state index in [1.807, 2.05) is 30.3 Å². The molecule has 0 aliphatic carbocycles. The smallest absolute Gasteiger partial charge is 0.326 e. The first kappa shape index (κ1) is 18.0. The van der Waals surface area contributed by atoms with Crippen molar-refractivity contribution in [1.82, 2.24) is 24.9 Å². The standard InChI is InChI=1S/C17H18N8O2/c1-25(17-19-8-5-9-20-17)10-14(26)27-11-13-22-15(18)24-16(23-13)21-12-6-3-2-4-7-12/h2-9H,10-11H2,1H3,(H3,18,21,22,23,24). The molecular formula is C17H18N8O2. The monoisotopic (exact) mass is 366 g/mol. The summed E-state index contributed by atoms with van der Waals surface area (Å²) in [4.78, 5) is 33.9. The highest BCUT2D eigenvalue weighted by molar-refractivity contribution is 5.74. The van der Waals surface area contributed by atoms with Gasteiger partial charge in [0.05, 0.1) is 0 Å². The van der Waals surface area contributed by atoms with Crippen molar-refractivity contribution in [2.24, 2.45) is 0 Å². The Morgan fingerprint density at radius 1 is 1.11 bits per heavy atom. The first-order chi connectivity index (χ1) is 13.1. The van der Waals surface area contributed by atoms with Crippen molar-refractivity contribution in [2.75, 3.05) is 29.5 Å². The second-order valence-electron chi connectivity index (χ2n) is 5.49. The van der Waals surface area contributed by atoms with Gasteiger partial charge in [0.1, 0.15) is 6.54 Å². The largest absolute Gasteiger partial charge is 0.456 e. The van der Waals surface area contributed by atoms with Crippen LogP contribution in [0.5, 0.6) is 0 Å². The molecule has 0 amide bonds. The van der Waals surface area contributed by atoms with E-state index in [1.54, 1.807) is 30.4 Å². The van der Waals surface area contributed by atoms with Crippen molar-refractivity contribution in [3.8, 4) is 0 Å². The van der Waals surface area contributed by atoms with Gasteiger partial charge in [-0.15, -0.1) is 0 Å². The summed E-state index contributed by atoms with van der Waals surface area (Å²) in [5, 5.41) is 3.02. The summed E-state index contributed by atoms with van der Waals surface area (Å²) in [7, 11) is 1.69. The summed E-state index contributed by atoms with van der Waals surface area (Å²) in [5.74, 6) is 0.501. The summed E-state index contributed by atoms with van der Waals surface area (Å²) >= 11 is 0. The summed E-state index contributed by atoms with van der Waals surface area (Å²) in [6.07, 6.45) is 3.19. The van der Waals surface area contributed by atoms with Crippen molar-refractivity contribution in [3.63, 3.8) is 0 Å². The van der Waals surface area contributed by atoms with E-state index in [9.17, 15) is 4.79 Å². The number of esters is 1. The molecule has 0 saturated carbocycles. The Hall–Kier alpha value is -3.82. The van der Waals surface area contributed by atoms with Crippen LogP contribution in [0.1, 0.15) is 5.82 Å². The molecule has 0 unspecified atom stereocenters. The first-order valence-electron chi connectivity index (χ1n) is 8.06. The number of aromatic nitrogens is 5. The Balaban J connectivity index is 1.58. The summed E-state index contributed by atoms with van der Waals surface area (Å²) < 4.78 is 5.21. The van der Waals surface area contributed by atoms with E-state index < -0.39 is 5.97 Å². The minimum atomic E-state index is -0.471. The Kier molecular flexibility index (Phi) is 5.67. The maximum Gasteiger partial charge on any atom is 0.326 e. The highest BCUT2D eigenvalue weighted by atomic mass is 16.5. The number of ether oxygens (including phenoxy) is 1. The van der Waals surface area contributed by atoms with Crippen LogP contribution in [0.15, 0.2) is 48.8 Å². The third kappa shape index (κ3) is 5.33. The van der Waals surface area contributed by atoms with Crippen LogP contribution in [0.3, 0.4) is 0 Å². The number of anilines is 4. The topological polar surface area (TPSA) is 132 Å². The Morgan fingerprint density at radius 3 is 2.59 bits per heavy atom. The number of para-hydroxylation sites is 1. The van der Waals surface area contributed by atoms with Crippen molar-refractivity contribution in [3.05, 3.63) is 54.6 Å². The van der Waals surface area contributed by atoms with Gasteiger partial charge in [0.2, 0.25) is 17.8 Å². The third-order valence-corrected chi connectivity index (χ3v) is 3.35. The highest BCUT2D eigenvalue weighted by Gasteiger charge is 2.12. The predicted molar refractivity (Wildman–Crippen MR) is 99.1 cm³/mol. The van der Waals surface area contributed by atoms with E-state index >= 15 is 0 Å². The fourth-order valence-corrected chi connectivity index (χ4v) is 2.15. The molecule has 0 spiro atoms. The molecule has 0 bridgehead atoms. The highest BCUT2D eigenvalue weighted by Crippen LogP contribution is 2.13. The lowest BCUT2D eigenvalue weighted by Crippen LogP contribution is -2.28. The number of nitrogen functional groups attached to an aromatic ring is 1. The van der Waals surface area contributed by atoms with Gasteiger partial charge in [0, 0.05) is 25.1 Å². The summed E-state index contributed by atoms with van der Waals surface area (Å²) in [5.41, 5.74) is 6.51. The van der Waals surface area contributed by atoms with E-state index in [2.05, 4.69) is 30.2 Å². The number of nitrogens with zero attached hydrogens (tertiary/aromatic N) is 6. The lowest BCUT2D eigenvalue weighted by Gasteiger charge is -2.15. The van der Waals surface area contributed by atoms with Crippen LogP contribution >= 0.6 is 0 Å². The van der Waals surface area contributed by atoms with Crippen LogP contribution in [0.2, 0.25) is 0 Å². The van der Waals surface area contributed by atoms with Crippen LogP contribution in [0, 0.1) is 0 Å². The number of carbonyl (C=O) groups is 1. The molecule has 0 aliphatic heterocycles. The zero-order chi connectivity index (χ0) is 19.1. The zero-order valence-electron chi connectivity index (χ0n) is 14.6. The molecule has 0 saturated heterocycles. The van der Waals surface area contributed by atoms with Gasteiger partial charge < -0.3 is 20.7 Å². The van der Waals surface area contributed by atoms with Gasteiger partial charge in [0.15, 0.2) is 12.4 Å². The van der Waals surface area contributed by atoms with Gasteiger partial charge in [0.25, 0.3) is 0 Å². The van der Waals surface area contributed by atoms with Gasteiger partial charge in [-0.1, -0.05) is 18.2 Å². The van der Waals surface area contributed by atoms with Gasteiger partial charge in [-0.3, -0.25) is 4.79 Å². The third-order valence-electron chi connectivity index (χ3n) is 3.35. The van der Waals surface area contributed by atoms with Crippen LogP contribution in [-0.2, 0) is 16.1 Å². The van der Waals surface area contributed by atoms with E-state index in [4.69, 9.17) is 10.5 Å². The lowest BCUT2D eigenvalue weighted by molar-refractivity contribution is -0.143. The second-order valence-corrected chi connectivity index (χ2v) is 5.49. The van der Waals surface area contributed by atoms with Crippen molar-refractivity contribution in [2.45, 2.75) is 6.61 Å². The number of carbonyl (C=O) groups excluding carboxylic acids is 1. The molecule has 0 fully saturated rings. The molecule has 138 valence electrons. The fourth-order valence-electron chi connectivity index (χ4n) is 2.15. The molecule has 10 heteroatoms. The fraction of sp³-hybridized carbons (Fsp3) is 0.176. The molecule has 3 N–H and O–H groups in total. The van der Waals surface area contributed by atoms with E-state index in [-0.39, 0.29) is 30.9 Å². The number of likely N-dealkylation sites (N-methyl/N-ethyl adjacent to an activating group) is 1. The van der Waals surface area contributed by atoms with E-state index in [1.165, 1.54) is 0 Å². The van der Waals surface area contributed by atoms with Crippen molar-refractivity contribution in [1.29, 1.82) is 0 Å². The van der Waals surface area contributed by atoms with Crippen LogP contribution < -0.4 is 16.0 Å². The average molecular weight is 366 g/mol. The van der Waals surface area contributed by atoms with Gasteiger partial charge >= 0.3 is 5.97 Å². The van der Waals surface area contributed by atoms with Gasteiger partial charge in [-0.2, -0.15) is 15.0 Å². The molecule has 0 radical (unpaired) electrons. The minimum Gasteiger partial charge on any atom is -0.456 e. The summed E-state index contributed by atoms with van der Waals surface area (Å²) in [6.45, 7) is -0.141. The normalized spacial score (nSPS) is 10.3. The zero-order valence-corrected chi connectivity index (χ0v) is 14.6. The number of hydrogen-bond donors (Lipinski definition) is 2. The maximum atomic E-state index is 12.0. The quantitative estimate of drug-likeness (QED) is 0.587. The van der Waals surface area contributed by atoms with Crippen molar-refractivity contribution < 1.29 is 9.53 Å².